The minimum Gasteiger partial charge on any atom is -0.462 e. The highest BCUT2D eigenvalue weighted by Crippen LogP contribution is 2.43. The zero-order valence-electron chi connectivity index (χ0n) is 51.2. The maximum Gasteiger partial charge on any atom is 0.472 e. The van der Waals surface area contributed by atoms with Gasteiger partial charge in [-0.05, 0) is 44.9 Å². The standard InChI is InChI=1S/C67H130NO8P/c1-3-5-7-9-11-13-15-17-19-21-23-25-27-29-31-32-34-35-37-39-41-43-45-47-49-51-53-55-57-59-66(69)73-63-65(64-75-77(71,72)74-62-61-68)76-67(70)60-58-56-54-52-50-48-46-44-42-40-38-36-33-30-28-26-24-22-20-18-16-14-12-10-8-6-4-2/h16,18,22,24,65H,3-15,17,19-21,23,25-64,68H2,1-2H3,(H,71,72)/b18-16-,24-22-. The third kappa shape index (κ3) is 63.5. The van der Waals surface area contributed by atoms with Crippen LogP contribution < -0.4 is 5.73 Å². The maximum atomic E-state index is 12.7. The first kappa shape index (κ1) is 75.5. The second-order valence-electron chi connectivity index (χ2n) is 23.1. The van der Waals surface area contributed by atoms with Crippen molar-refractivity contribution in [3.8, 4) is 0 Å². The fourth-order valence-electron chi connectivity index (χ4n) is 10.3. The van der Waals surface area contributed by atoms with Crippen molar-refractivity contribution in [1.82, 2.24) is 0 Å². The molecule has 0 aliphatic heterocycles. The second-order valence-corrected chi connectivity index (χ2v) is 24.5. The summed E-state index contributed by atoms with van der Waals surface area (Å²) in [7, 11) is -4.39. The molecule has 0 saturated carbocycles. The van der Waals surface area contributed by atoms with Crippen molar-refractivity contribution in [2.24, 2.45) is 5.73 Å². The number of allylic oxidation sites excluding steroid dienone is 4. The van der Waals surface area contributed by atoms with E-state index in [9.17, 15) is 19.0 Å². The van der Waals surface area contributed by atoms with Crippen LogP contribution in [0.15, 0.2) is 24.3 Å². The molecule has 0 aromatic carbocycles. The Hall–Kier alpha value is -1.51. The fraction of sp³-hybridized carbons (Fsp3) is 0.910. The number of ether oxygens (including phenoxy) is 2. The Morgan fingerprint density at radius 3 is 0.987 bits per heavy atom. The number of carbonyl (C=O) groups excluding carboxylic acids is 2. The lowest BCUT2D eigenvalue weighted by Gasteiger charge is -2.19. The lowest BCUT2D eigenvalue weighted by molar-refractivity contribution is -0.161. The average molecular weight is 1110 g/mol. The molecule has 0 aliphatic carbocycles. The molecule has 0 bridgehead atoms. The predicted octanol–water partition coefficient (Wildman–Crippen LogP) is 21.8. The van der Waals surface area contributed by atoms with E-state index in [4.69, 9.17) is 24.3 Å². The number of esters is 2. The number of nitrogens with two attached hydrogens (primary N) is 1. The highest BCUT2D eigenvalue weighted by Gasteiger charge is 2.26. The second kappa shape index (κ2) is 63.7. The van der Waals surface area contributed by atoms with Crippen LogP contribution in [0.25, 0.3) is 0 Å². The van der Waals surface area contributed by atoms with Gasteiger partial charge >= 0.3 is 19.8 Å². The van der Waals surface area contributed by atoms with E-state index >= 15 is 0 Å². The molecule has 0 fully saturated rings. The quantitative estimate of drug-likeness (QED) is 0.0264. The van der Waals surface area contributed by atoms with Crippen molar-refractivity contribution in [3.63, 3.8) is 0 Å². The molecule has 10 heteroatoms. The average Bonchev–Trinajstić information content (AvgIpc) is 3.42. The molecule has 0 aromatic heterocycles. The zero-order chi connectivity index (χ0) is 55.9. The number of carbonyl (C=O) groups is 2. The van der Waals surface area contributed by atoms with Gasteiger partial charge in [-0.1, -0.05) is 327 Å². The Labute approximate surface area is 478 Å². The molecule has 2 unspecified atom stereocenters. The van der Waals surface area contributed by atoms with Crippen molar-refractivity contribution in [3.05, 3.63) is 24.3 Å². The van der Waals surface area contributed by atoms with Gasteiger partial charge in [0.05, 0.1) is 13.2 Å². The van der Waals surface area contributed by atoms with Crippen LogP contribution in [0.2, 0.25) is 0 Å². The Morgan fingerprint density at radius 2 is 0.675 bits per heavy atom. The van der Waals surface area contributed by atoms with E-state index in [-0.39, 0.29) is 38.6 Å². The first-order chi connectivity index (χ1) is 37.8. The molecule has 0 spiro atoms. The first-order valence-corrected chi connectivity index (χ1v) is 35.3. The Balaban J connectivity index is 3.84. The molecule has 0 aromatic rings. The summed E-state index contributed by atoms with van der Waals surface area (Å²) in [5.74, 6) is -0.805. The van der Waals surface area contributed by atoms with E-state index in [1.165, 1.54) is 289 Å². The minimum absolute atomic E-state index is 0.0564. The third-order valence-electron chi connectivity index (χ3n) is 15.3. The van der Waals surface area contributed by atoms with Crippen LogP contribution in [0.3, 0.4) is 0 Å². The summed E-state index contributed by atoms with van der Waals surface area (Å²) in [6.45, 7) is 3.81. The van der Waals surface area contributed by atoms with Gasteiger partial charge in [0.2, 0.25) is 0 Å². The Bertz CT molecular complexity index is 1310. The number of phosphoric ester groups is 1. The molecule has 0 saturated heterocycles. The molecule has 456 valence electrons. The summed E-state index contributed by atoms with van der Waals surface area (Å²) in [5, 5.41) is 0. The van der Waals surface area contributed by atoms with Gasteiger partial charge in [0.15, 0.2) is 6.10 Å². The molecule has 0 radical (unpaired) electrons. The predicted molar refractivity (Wildman–Crippen MR) is 331 cm³/mol. The van der Waals surface area contributed by atoms with Gasteiger partial charge in [0, 0.05) is 19.4 Å². The highest BCUT2D eigenvalue weighted by molar-refractivity contribution is 7.47. The monoisotopic (exact) mass is 1110 g/mol. The van der Waals surface area contributed by atoms with Gasteiger partial charge in [0.1, 0.15) is 6.61 Å². The lowest BCUT2D eigenvalue weighted by atomic mass is 10.0. The topological polar surface area (TPSA) is 134 Å². The van der Waals surface area contributed by atoms with Gasteiger partial charge in [-0.25, -0.2) is 4.57 Å². The maximum absolute atomic E-state index is 12.7. The summed E-state index contributed by atoms with van der Waals surface area (Å²) in [6, 6.07) is 0. The van der Waals surface area contributed by atoms with Gasteiger partial charge in [-0.3, -0.25) is 18.6 Å². The molecule has 0 amide bonds. The molecule has 3 N–H and O–H groups in total. The molecule has 77 heavy (non-hydrogen) atoms. The number of hydrogen-bond donors (Lipinski definition) is 2. The zero-order valence-corrected chi connectivity index (χ0v) is 52.1. The normalized spacial score (nSPS) is 13.0. The van der Waals surface area contributed by atoms with Crippen LogP contribution in [0.4, 0.5) is 0 Å². The molecule has 2 atom stereocenters. The number of rotatable bonds is 65. The van der Waals surface area contributed by atoms with E-state index < -0.39 is 26.5 Å². The fourth-order valence-corrected chi connectivity index (χ4v) is 11.1. The summed E-state index contributed by atoms with van der Waals surface area (Å²) < 4.78 is 33.2. The molecular weight excluding hydrogens is 978 g/mol. The van der Waals surface area contributed by atoms with Gasteiger partial charge in [-0.15, -0.1) is 0 Å². The summed E-state index contributed by atoms with van der Waals surface area (Å²) in [4.78, 5) is 35.3. The van der Waals surface area contributed by atoms with Gasteiger partial charge < -0.3 is 20.1 Å². The van der Waals surface area contributed by atoms with E-state index in [1.807, 2.05) is 0 Å². The summed E-state index contributed by atoms with van der Waals surface area (Å²) in [6.07, 6.45) is 77.0. The molecule has 9 nitrogen and oxygen atoms in total. The smallest absolute Gasteiger partial charge is 0.462 e. The lowest BCUT2D eigenvalue weighted by Crippen LogP contribution is -2.29. The van der Waals surface area contributed by atoms with Gasteiger partial charge in [0.25, 0.3) is 0 Å². The van der Waals surface area contributed by atoms with Crippen LogP contribution in [0, 0.1) is 0 Å². The molecule has 0 aliphatic rings. The summed E-state index contributed by atoms with van der Waals surface area (Å²) >= 11 is 0. The van der Waals surface area contributed by atoms with Crippen molar-refractivity contribution in [1.29, 1.82) is 0 Å². The van der Waals surface area contributed by atoms with Crippen molar-refractivity contribution in [2.45, 2.75) is 367 Å². The Morgan fingerprint density at radius 1 is 0.390 bits per heavy atom. The van der Waals surface area contributed by atoms with Crippen LogP contribution in [-0.4, -0.2) is 49.3 Å². The number of phosphoric acid groups is 1. The first-order valence-electron chi connectivity index (χ1n) is 33.8. The van der Waals surface area contributed by atoms with Crippen molar-refractivity contribution in [2.75, 3.05) is 26.4 Å². The number of hydrogen-bond acceptors (Lipinski definition) is 8. The SMILES string of the molecule is CCCCCCC/C=C\C/C=C\CCCCCCCCCCCCCCCCCC(=O)OC(COC(=O)CCCCCCCCCCCCCCCCCCCCCCCCCCCCCCC)COP(=O)(O)OCCN. The largest absolute Gasteiger partial charge is 0.472 e. The van der Waals surface area contributed by atoms with E-state index in [1.54, 1.807) is 0 Å². The van der Waals surface area contributed by atoms with Gasteiger partial charge in [-0.2, -0.15) is 0 Å². The number of unbranched alkanes of at least 4 members (excludes halogenated alkanes) is 48. The molecule has 0 heterocycles. The van der Waals surface area contributed by atoms with Crippen LogP contribution in [-0.2, 0) is 32.7 Å². The van der Waals surface area contributed by atoms with Crippen molar-refractivity contribution >= 4 is 19.8 Å². The van der Waals surface area contributed by atoms with E-state index in [2.05, 4.69) is 38.2 Å². The van der Waals surface area contributed by atoms with Crippen LogP contribution in [0.1, 0.15) is 361 Å². The Kier molecular flexibility index (Phi) is 62.4. The van der Waals surface area contributed by atoms with Crippen molar-refractivity contribution < 1.29 is 37.6 Å². The third-order valence-corrected chi connectivity index (χ3v) is 16.3. The van der Waals surface area contributed by atoms with Crippen LogP contribution in [0.5, 0.6) is 0 Å². The molecule has 0 rings (SSSR count). The van der Waals surface area contributed by atoms with Crippen LogP contribution >= 0.6 is 7.82 Å². The van der Waals surface area contributed by atoms with E-state index in [0.29, 0.717) is 6.42 Å². The summed E-state index contributed by atoms with van der Waals surface area (Å²) in [5.41, 5.74) is 5.40. The minimum atomic E-state index is -4.39. The highest BCUT2D eigenvalue weighted by atomic mass is 31.2. The molecular formula is C67H130NO8P. The van der Waals surface area contributed by atoms with E-state index in [0.717, 1.165) is 38.5 Å².